The van der Waals surface area contributed by atoms with Crippen molar-refractivity contribution in [1.82, 2.24) is 9.88 Å². The molecule has 0 spiro atoms. The minimum Gasteiger partial charge on any atom is -0.339 e. The molecule has 2 heterocycles. The highest BCUT2D eigenvalue weighted by Crippen LogP contribution is 2.33. The van der Waals surface area contributed by atoms with Crippen molar-refractivity contribution in [2.45, 2.75) is 29.6 Å². The third-order valence-corrected chi connectivity index (χ3v) is 7.21. The third kappa shape index (κ3) is 3.49. The van der Waals surface area contributed by atoms with Crippen LogP contribution in [0.1, 0.15) is 28.8 Å². The summed E-state index contributed by atoms with van der Waals surface area (Å²) in [5, 5.41) is 0.556. The van der Waals surface area contributed by atoms with Crippen LogP contribution < -0.4 is 0 Å². The zero-order chi connectivity index (χ0) is 20.8. The number of rotatable bonds is 3. The molecule has 0 bridgehead atoms. The van der Waals surface area contributed by atoms with Crippen LogP contribution in [0.3, 0.4) is 0 Å². The quantitative estimate of drug-likeness (QED) is 0.615. The summed E-state index contributed by atoms with van der Waals surface area (Å²) in [6, 6.07) is 8.39. The van der Waals surface area contributed by atoms with Crippen LogP contribution in [0.2, 0.25) is 5.02 Å². The van der Waals surface area contributed by atoms with E-state index < -0.39 is 21.6 Å². The van der Waals surface area contributed by atoms with E-state index in [9.17, 15) is 17.6 Å². The number of sulfone groups is 1. The topological polar surface area (TPSA) is 67.3 Å². The second-order valence-electron chi connectivity index (χ2n) is 7.08. The van der Waals surface area contributed by atoms with Crippen LogP contribution in [-0.4, -0.2) is 37.3 Å². The first-order valence-electron chi connectivity index (χ1n) is 9.18. The number of carbonyl (C=O) groups excluding carboxylic acids is 1. The molecule has 2 aromatic carbocycles. The Bertz CT molecular complexity index is 1240. The molecule has 0 aliphatic carbocycles. The minimum atomic E-state index is -4.21. The van der Waals surface area contributed by atoms with Gasteiger partial charge >= 0.3 is 0 Å². The molecule has 1 saturated heterocycles. The summed E-state index contributed by atoms with van der Waals surface area (Å²) in [6.07, 6.45) is 3.02. The highest BCUT2D eigenvalue weighted by Gasteiger charge is 2.31. The summed E-state index contributed by atoms with van der Waals surface area (Å²) in [4.78, 5) is 18.6. The Morgan fingerprint density at radius 3 is 2.55 bits per heavy atom. The average molecular weight is 433 g/mol. The lowest BCUT2D eigenvalue weighted by Gasteiger charge is -2.19. The molecule has 29 heavy (non-hydrogen) atoms. The second-order valence-corrected chi connectivity index (χ2v) is 9.40. The molecular formula is C21H18ClFN2O3S. The molecule has 4 rings (SSSR count). The second kappa shape index (κ2) is 7.39. The summed E-state index contributed by atoms with van der Waals surface area (Å²) in [6.45, 7) is 2.67. The van der Waals surface area contributed by atoms with Crippen molar-refractivity contribution in [3.8, 4) is 0 Å². The van der Waals surface area contributed by atoms with Gasteiger partial charge in [-0.2, -0.15) is 0 Å². The maximum absolute atomic E-state index is 14.1. The van der Waals surface area contributed by atoms with Crippen molar-refractivity contribution in [2.75, 3.05) is 13.1 Å². The van der Waals surface area contributed by atoms with Crippen molar-refractivity contribution in [2.24, 2.45) is 0 Å². The van der Waals surface area contributed by atoms with Crippen molar-refractivity contribution in [3.05, 3.63) is 64.6 Å². The fourth-order valence-corrected chi connectivity index (χ4v) is 5.33. The molecule has 1 fully saturated rings. The van der Waals surface area contributed by atoms with Crippen LogP contribution in [0.5, 0.6) is 0 Å². The van der Waals surface area contributed by atoms with Gasteiger partial charge in [0.05, 0.1) is 20.9 Å². The maximum atomic E-state index is 14.1. The summed E-state index contributed by atoms with van der Waals surface area (Å²) in [7, 11) is -4.21. The normalized spacial score (nSPS) is 14.5. The van der Waals surface area contributed by atoms with Gasteiger partial charge in [0.15, 0.2) is 0 Å². The number of fused-ring (bicyclic) bond motifs is 1. The van der Waals surface area contributed by atoms with Crippen molar-refractivity contribution in [1.29, 1.82) is 0 Å². The molecule has 1 amide bonds. The van der Waals surface area contributed by atoms with Crippen LogP contribution in [0.15, 0.2) is 52.4 Å². The van der Waals surface area contributed by atoms with Gasteiger partial charge in [0, 0.05) is 29.7 Å². The predicted molar refractivity (Wildman–Crippen MR) is 108 cm³/mol. The Morgan fingerprint density at radius 1 is 1.14 bits per heavy atom. The van der Waals surface area contributed by atoms with Gasteiger partial charge in [0.25, 0.3) is 5.91 Å². The SMILES string of the molecule is Cc1ccc(S(=O)(=O)c2c(C(=O)N3CCCC3)cnc3ccc(Cl)cc23)cc1F. The molecule has 1 aromatic heterocycles. The van der Waals surface area contributed by atoms with E-state index in [1.165, 1.54) is 24.4 Å². The Morgan fingerprint density at radius 2 is 1.86 bits per heavy atom. The van der Waals surface area contributed by atoms with Crippen LogP contribution in [-0.2, 0) is 9.84 Å². The van der Waals surface area contributed by atoms with Crippen LogP contribution in [0.4, 0.5) is 4.39 Å². The summed E-state index contributed by atoms with van der Waals surface area (Å²) in [5.74, 6) is -1.03. The number of amides is 1. The van der Waals surface area contributed by atoms with Gasteiger partial charge in [-0.15, -0.1) is 0 Å². The van der Waals surface area contributed by atoms with Crippen molar-refractivity contribution >= 4 is 38.2 Å². The minimum absolute atomic E-state index is 0.0253. The van der Waals surface area contributed by atoms with E-state index in [4.69, 9.17) is 11.6 Å². The van der Waals surface area contributed by atoms with Gasteiger partial charge in [-0.1, -0.05) is 17.7 Å². The average Bonchev–Trinajstić information content (AvgIpc) is 3.23. The van der Waals surface area contributed by atoms with Gasteiger partial charge < -0.3 is 4.90 Å². The summed E-state index contributed by atoms with van der Waals surface area (Å²) < 4.78 is 41.2. The Kier molecular flexibility index (Phi) is 5.04. The number of carbonyl (C=O) groups is 1. The Balaban J connectivity index is 2.01. The van der Waals surface area contributed by atoms with E-state index in [0.717, 1.165) is 18.9 Å². The van der Waals surface area contributed by atoms with E-state index in [1.54, 1.807) is 24.0 Å². The van der Waals surface area contributed by atoms with E-state index in [0.29, 0.717) is 29.2 Å². The highest BCUT2D eigenvalue weighted by molar-refractivity contribution is 7.91. The number of hydrogen-bond acceptors (Lipinski definition) is 4. The number of halogens is 2. The number of likely N-dealkylation sites (tertiary alicyclic amines) is 1. The fourth-order valence-electron chi connectivity index (χ4n) is 3.53. The lowest BCUT2D eigenvalue weighted by molar-refractivity contribution is 0.0789. The van der Waals surface area contributed by atoms with E-state index in [1.807, 2.05) is 0 Å². The summed E-state index contributed by atoms with van der Waals surface area (Å²) >= 11 is 6.11. The lowest BCUT2D eigenvalue weighted by atomic mass is 10.1. The van der Waals surface area contributed by atoms with Crippen LogP contribution in [0, 0.1) is 12.7 Å². The highest BCUT2D eigenvalue weighted by atomic mass is 35.5. The first-order chi connectivity index (χ1) is 13.8. The van der Waals surface area contributed by atoms with E-state index >= 15 is 0 Å². The first kappa shape index (κ1) is 19.8. The molecule has 0 N–H and O–H groups in total. The largest absolute Gasteiger partial charge is 0.339 e. The molecule has 150 valence electrons. The number of aryl methyl sites for hydroxylation is 1. The first-order valence-corrected chi connectivity index (χ1v) is 11.0. The van der Waals surface area contributed by atoms with Gasteiger partial charge in [0.2, 0.25) is 9.84 Å². The van der Waals surface area contributed by atoms with Gasteiger partial charge in [-0.3, -0.25) is 9.78 Å². The monoisotopic (exact) mass is 432 g/mol. The lowest BCUT2D eigenvalue weighted by Crippen LogP contribution is -2.29. The van der Waals surface area contributed by atoms with Crippen molar-refractivity contribution in [3.63, 3.8) is 0 Å². The van der Waals surface area contributed by atoms with Crippen LogP contribution in [0.25, 0.3) is 10.9 Å². The summed E-state index contributed by atoms with van der Waals surface area (Å²) in [5.41, 5.74) is 0.695. The van der Waals surface area contributed by atoms with Crippen molar-refractivity contribution < 1.29 is 17.6 Å². The molecule has 0 unspecified atom stereocenters. The fraction of sp³-hybridized carbons (Fsp3) is 0.238. The maximum Gasteiger partial charge on any atom is 0.256 e. The molecule has 0 radical (unpaired) electrons. The third-order valence-electron chi connectivity index (χ3n) is 5.13. The number of nitrogens with zero attached hydrogens (tertiary/aromatic N) is 2. The Labute approximate surface area is 173 Å². The molecule has 0 saturated carbocycles. The zero-order valence-corrected chi connectivity index (χ0v) is 17.2. The number of hydrogen-bond donors (Lipinski definition) is 0. The molecule has 1 aliphatic heterocycles. The standard InChI is InChI=1S/C21H18ClFN2O3S/c1-13-4-6-15(11-18(13)23)29(27,28)20-16-10-14(22)5-7-19(16)24-12-17(20)21(26)25-8-2-3-9-25/h4-7,10-12H,2-3,8-9H2,1H3. The smallest absolute Gasteiger partial charge is 0.256 e. The molecule has 8 heteroatoms. The predicted octanol–water partition coefficient (Wildman–Crippen LogP) is 4.40. The van der Waals surface area contributed by atoms with Gasteiger partial charge in [-0.05, 0) is 55.7 Å². The van der Waals surface area contributed by atoms with Gasteiger partial charge in [0.1, 0.15) is 5.82 Å². The van der Waals surface area contributed by atoms with Crippen LogP contribution >= 0.6 is 11.6 Å². The number of aromatic nitrogens is 1. The zero-order valence-electron chi connectivity index (χ0n) is 15.7. The molecule has 5 nitrogen and oxygen atoms in total. The Hall–Kier alpha value is -2.51. The number of pyridine rings is 1. The van der Waals surface area contributed by atoms with E-state index in [-0.39, 0.29) is 20.7 Å². The molecule has 0 atom stereocenters. The van der Waals surface area contributed by atoms with Gasteiger partial charge in [-0.25, -0.2) is 12.8 Å². The van der Waals surface area contributed by atoms with E-state index in [2.05, 4.69) is 4.98 Å². The molecule has 1 aliphatic rings. The molecular weight excluding hydrogens is 415 g/mol. The molecule has 3 aromatic rings. The number of benzene rings is 2.